The van der Waals surface area contributed by atoms with E-state index in [1.165, 1.54) is 12.8 Å². The number of benzene rings is 1. The van der Waals surface area contributed by atoms with E-state index in [1.807, 2.05) is 25.7 Å². The number of nitrogens with zero attached hydrogens (tertiary/aromatic N) is 3. The van der Waals surface area contributed by atoms with Crippen LogP contribution in [0.2, 0.25) is 0 Å². The van der Waals surface area contributed by atoms with Crippen LogP contribution in [-0.4, -0.2) is 107 Å². The van der Waals surface area contributed by atoms with Gasteiger partial charge >= 0.3 is 0 Å². The zero-order valence-corrected chi connectivity index (χ0v) is 23.6. The SMILES string of the molecule is CCCC(CCOCC(=O)N1CCN(C2CCN(C)CC2)CC1)S(=O)(=O)c1c(C)cc(OC)cc1C. The lowest BCUT2D eigenvalue weighted by atomic mass is 10.0. The lowest BCUT2D eigenvalue weighted by molar-refractivity contribution is -0.138. The number of hydrogen-bond donors (Lipinski definition) is 0. The van der Waals surface area contributed by atoms with Gasteiger partial charge in [0.1, 0.15) is 12.4 Å². The lowest BCUT2D eigenvalue weighted by Crippen LogP contribution is -2.54. The fourth-order valence-electron chi connectivity index (χ4n) is 5.58. The number of hydrogen-bond acceptors (Lipinski definition) is 7. The predicted octanol–water partition coefficient (Wildman–Crippen LogP) is 2.90. The normalized spacial score (nSPS) is 19.4. The Balaban J connectivity index is 1.48. The first kappa shape index (κ1) is 28.9. The molecule has 2 aliphatic heterocycles. The Bertz CT molecular complexity index is 945. The molecule has 0 aliphatic carbocycles. The Morgan fingerprint density at radius 1 is 1.03 bits per heavy atom. The van der Waals surface area contributed by atoms with Gasteiger partial charge in [-0.1, -0.05) is 13.3 Å². The minimum Gasteiger partial charge on any atom is -0.497 e. The molecule has 0 saturated carbocycles. The zero-order valence-electron chi connectivity index (χ0n) is 22.8. The standard InChI is InChI=1S/C27H45N3O5S/c1-6-7-25(36(32,33)27-21(2)18-24(34-5)19-22(27)3)10-17-35-20-26(31)30-15-13-29(14-16-30)23-8-11-28(4)12-9-23/h18-19,23,25H,6-17,20H2,1-5H3. The molecule has 2 fully saturated rings. The number of aryl methyl sites for hydroxylation is 2. The summed E-state index contributed by atoms with van der Waals surface area (Å²) in [4.78, 5) is 19.9. The van der Waals surface area contributed by atoms with Crippen molar-refractivity contribution in [1.82, 2.24) is 14.7 Å². The van der Waals surface area contributed by atoms with E-state index in [9.17, 15) is 13.2 Å². The largest absolute Gasteiger partial charge is 0.497 e. The number of likely N-dealkylation sites (tertiary alicyclic amines) is 1. The van der Waals surface area contributed by atoms with Crippen LogP contribution in [0.1, 0.15) is 50.2 Å². The Kier molecular flexibility index (Phi) is 10.6. The summed E-state index contributed by atoms with van der Waals surface area (Å²) < 4.78 is 38.1. The van der Waals surface area contributed by atoms with Crippen LogP contribution in [-0.2, 0) is 19.4 Å². The molecule has 8 nitrogen and oxygen atoms in total. The zero-order chi connectivity index (χ0) is 26.3. The molecule has 1 aromatic rings. The van der Waals surface area contributed by atoms with Gasteiger partial charge in [0, 0.05) is 38.8 Å². The Morgan fingerprint density at radius 3 is 2.19 bits per heavy atom. The van der Waals surface area contributed by atoms with Gasteiger partial charge in [-0.3, -0.25) is 9.69 Å². The van der Waals surface area contributed by atoms with Gasteiger partial charge in [-0.25, -0.2) is 8.42 Å². The summed E-state index contributed by atoms with van der Waals surface area (Å²) in [5.41, 5.74) is 1.40. The molecule has 0 N–H and O–H groups in total. The first-order chi connectivity index (χ1) is 17.2. The number of piperazine rings is 1. The van der Waals surface area contributed by atoms with Crippen molar-refractivity contribution in [3.05, 3.63) is 23.3 Å². The smallest absolute Gasteiger partial charge is 0.248 e. The number of amides is 1. The highest BCUT2D eigenvalue weighted by molar-refractivity contribution is 7.92. The molecule has 3 rings (SSSR count). The average Bonchev–Trinajstić information content (AvgIpc) is 2.85. The molecule has 0 spiro atoms. The number of methoxy groups -OCH3 is 1. The summed E-state index contributed by atoms with van der Waals surface area (Å²) in [6.45, 7) is 11.5. The highest BCUT2D eigenvalue weighted by Gasteiger charge is 2.31. The molecule has 0 aromatic heterocycles. The summed E-state index contributed by atoms with van der Waals surface area (Å²) in [6.07, 6.45) is 4.09. The third-order valence-electron chi connectivity index (χ3n) is 7.68. The molecule has 36 heavy (non-hydrogen) atoms. The van der Waals surface area contributed by atoms with Gasteiger partial charge in [0.2, 0.25) is 5.91 Å². The van der Waals surface area contributed by atoms with Gasteiger partial charge in [-0.2, -0.15) is 0 Å². The van der Waals surface area contributed by atoms with Gasteiger partial charge in [-0.05, 0) is 82.9 Å². The second kappa shape index (κ2) is 13.2. The summed E-state index contributed by atoms with van der Waals surface area (Å²) >= 11 is 0. The molecule has 2 heterocycles. The van der Waals surface area contributed by atoms with Gasteiger partial charge in [0.15, 0.2) is 9.84 Å². The average molecular weight is 524 g/mol. The summed E-state index contributed by atoms with van der Waals surface area (Å²) in [7, 11) is 0.224. The van der Waals surface area contributed by atoms with Crippen LogP contribution < -0.4 is 4.74 Å². The predicted molar refractivity (Wildman–Crippen MR) is 142 cm³/mol. The highest BCUT2D eigenvalue weighted by atomic mass is 32.2. The van der Waals surface area contributed by atoms with Crippen molar-refractivity contribution in [3.8, 4) is 5.75 Å². The van der Waals surface area contributed by atoms with Gasteiger partial charge in [0.05, 0.1) is 17.3 Å². The number of ether oxygens (including phenoxy) is 2. The fraction of sp³-hybridized carbons (Fsp3) is 0.741. The first-order valence-electron chi connectivity index (χ1n) is 13.3. The van der Waals surface area contributed by atoms with Crippen molar-refractivity contribution in [3.63, 3.8) is 0 Å². The van der Waals surface area contributed by atoms with E-state index in [2.05, 4.69) is 16.8 Å². The molecule has 2 saturated heterocycles. The maximum absolute atomic E-state index is 13.5. The van der Waals surface area contributed by atoms with Crippen molar-refractivity contribution in [2.45, 2.75) is 69.1 Å². The van der Waals surface area contributed by atoms with Crippen LogP contribution in [0.25, 0.3) is 0 Å². The Labute approximate surface area is 217 Å². The molecule has 0 bridgehead atoms. The van der Waals surface area contributed by atoms with E-state index in [0.29, 0.717) is 40.7 Å². The second-order valence-electron chi connectivity index (χ2n) is 10.3. The van der Waals surface area contributed by atoms with Crippen molar-refractivity contribution in [2.75, 3.05) is 66.6 Å². The first-order valence-corrected chi connectivity index (χ1v) is 14.9. The minimum atomic E-state index is -3.53. The van der Waals surface area contributed by atoms with Crippen LogP contribution in [0, 0.1) is 13.8 Å². The molecule has 1 unspecified atom stereocenters. The van der Waals surface area contributed by atoms with Crippen molar-refractivity contribution < 1.29 is 22.7 Å². The molecule has 0 radical (unpaired) electrons. The fourth-order valence-corrected chi connectivity index (χ4v) is 7.88. The summed E-state index contributed by atoms with van der Waals surface area (Å²) in [6, 6.07) is 4.17. The Morgan fingerprint density at radius 2 is 1.64 bits per heavy atom. The number of carbonyl (C=O) groups excluding carboxylic acids is 1. The molecule has 1 atom stereocenters. The summed E-state index contributed by atoms with van der Waals surface area (Å²) in [5.74, 6) is 0.653. The van der Waals surface area contributed by atoms with Crippen LogP contribution in [0.15, 0.2) is 17.0 Å². The van der Waals surface area contributed by atoms with Crippen LogP contribution in [0.4, 0.5) is 0 Å². The molecule has 1 aromatic carbocycles. The Hall–Kier alpha value is -1.68. The van der Waals surface area contributed by atoms with E-state index < -0.39 is 15.1 Å². The van der Waals surface area contributed by atoms with Gasteiger partial charge in [0.25, 0.3) is 0 Å². The van der Waals surface area contributed by atoms with Crippen molar-refractivity contribution in [1.29, 1.82) is 0 Å². The van der Waals surface area contributed by atoms with Crippen LogP contribution in [0.3, 0.4) is 0 Å². The third-order valence-corrected chi connectivity index (χ3v) is 10.2. The number of piperidine rings is 1. The third kappa shape index (κ3) is 7.21. The molecule has 204 valence electrons. The minimum absolute atomic E-state index is 0.00484. The number of carbonyl (C=O) groups is 1. The molecule has 2 aliphatic rings. The molecular formula is C27H45N3O5S. The van der Waals surface area contributed by atoms with E-state index in [4.69, 9.17) is 9.47 Å². The van der Waals surface area contributed by atoms with E-state index in [0.717, 1.165) is 45.7 Å². The summed E-state index contributed by atoms with van der Waals surface area (Å²) in [5, 5.41) is -0.540. The quantitative estimate of drug-likeness (QED) is 0.413. The molecule has 1 amide bonds. The second-order valence-corrected chi connectivity index (χ2v) is 12.5. The van der Waals surface area contributed by atoms with E-state index in [-0.39, 0.29) is 19.1 Å². The number of rotatable bonds is 11. The van der Waals surface area contributed by atoms with Crippen molar-refractivity contribution in [2.24, 2.45) is 0 Å². The van der Waals surface area contributed by atoms with Crippen LogP contribution in [0.5, 0.6) is 5.75 Å². The maximum Gasteiger partial charge on any atom is 0.248 e. The lowest BCUT2D eigenvalue weighted by Gasteiger charge is -2.42. The van der Waals surface area contributed by atoms with Crippen LogP contribution >= 0.6 is 0 Å². The highest BCUT2D eigenvalue weighted by Crippen LogP contribution is 2.31. The number of sulfone groups is 1. The van der Waals surface area contributed by atoms with E-state index >= 15 is 0 Å². The van der Waals surface area contributed by atoms with Crippen molar-refractivity contribution >= 4 is 15.7 Å². The van der Waals surface area contributed by atoms with Gasteiger partial charge in [-0.15, -0.1) is 0 Å². The molecule has 9 heteroatoms. The molecular weight excluding hydrogens is 478 g/mol. The topological polar surface area (TPSA) is 79.4 Å². The van der Waals surface area contributed by atoms with Gasteiger partial charge < -0.3 is 19.3 Å². The maximum atomic E-state index is 13.5. The van der Waals surface area contributed by atoms with E-state index in [1.54, 1.807) is 19.2 Å². The monoisotopic (exact) mass is 523 g/mol.